The van der Waals surface area contributed by atoms with Crippen molar-refractivity contribution in [2.24, 2.45) is 0 Å². The Morgan fingerprint density at radius 3 is 2.79 bits per heavy atom. The molecule has 1 rings (SSSR count). The molecule has 0 radical (unpaired) electrons. The zero-order chi connectivity index (χ0) is 10.7. The molecule has 0 aliphatic heterocycles. The van der Waals surface area contributed by atoms with Gasteiger partial charge in [0, 0.05) is 0 Å². The van der Waals surface area contributed by atoms with Crippen molar-refractivity contribution in [2.45, 2.75) is 26.7 Å². The second-order valence-electron chi connectivity index (χ2n) is 3.31. The summed E-state index contributed by atoms with van der Waals surface area (Å²) in [5.74, 6) is 0.0571. The van der Waals surface area contributed by atoms with Gasteiger partial charge in [0.25, 0.3) is 0 Å². The van der Waals surface area contributed by atoms with Gasteiger partial charge in [-0.2, -0.15) is 0 Å². The first kappa shape index (κ1) is 11.3. The average molecular weight is 260 g/mol. The van der Waals surface area contributed by atoms with Gasteiger partial charge in [-0.15, -0.1) is 0 Å². The molecule has 14 heavy (non-hydrogen) atoms. The molecule has 0 aliphatic carbocycles. The topological polar surface area (TPSA) is 52.3 Å². The van der Waals surface area contributed by atoms with Gasteiger partial charge in [0.15, 0.2) is 0 Å². The molecule has 0 saturated heterocycles. The van der Waals surface area contributed by atoms with Gasteiger partial charge in [0.1, 0.15) is 0 Å². The van der Waals surface area contributed by atoms with Gasteiger partial charge in [0.05, 0.1) is 0 Å². The summed E-state index contributed by atoms with van der Waals surface area (Å²) in [4.78, 5) is 13.6. The Balaban J connectivity index is 3.04. The van der Waals surface area contributed by atoms with E-state index in [-0.39, 0.29) is 20.5 Å². The van der Waals surface area contributed by atoms with Crippen LogP contribution in [-0.2, 0) is 4.74 Å². The van der Waals surface area contributed by atoms with Crippen molar-refractivity contribution in [1.29, 1.82) is 0 Å². The number of nitrogens with two attached hydrogens (primary N) is 1. The van der Waals surface area contributed by atoms with E-state index < -0.39 is 0 Å². The molecule has 4 heteroatoms. The third-order valence-electron chi connectivity index (χ3n) is 1.95. The molecule has 0 spiro atoms. The SMILES string of the molecule is CCOC(=O)c1c(C(C)C)c[se]c1N. The van der Waals surface area contributed by atoms with E-state index in [0.717, 1.165) is 5.56 Å². The standard InChI is InChI=1S/C10H15NO2Se/c1-4-13-10(12)8-7(6(2)3)5-14-9(8)11/h5-6H,4,11H2,1-3H3. The van der Waals surface area contributed by atoms with Crippen molar-refractivity contribution in [3.63, 3.8) is 0 Å². The van der Waals surface area contributed by atoms with Crippen LogP contribution in [0.5, 0.6) is 0 Å². The minimum absolute atomic E-state index is 0.127. The monoisotopic (exact) mass is 261 g/mol. The molecule has 0 fully saturated rings. The number of hydrogen-bond acceptors (Lipinski definition) is 3. The molecule has 1 heterocycles. The Morgan fingerprint density at radius 2 is 2.29 bits per heavy atom. The molecule has 0 atom stereocenters. The number of anilines is 1. The van der Waals surface area contributed by atoms with Gasteiger partial charge in [-0.05, 0) is 0 Å². The predicted molar refractivity (Wildman–Crippen MR) is 57.8 cm³/mol. The zero-order valence-electron chi connectivity index (χ0n) is 8.66. The van der Waals surface area contributed by atoms with Crippen LogP contribution in [0.3, 0.4) is 0 Å². The van der Waals surface area contributed by atoms with Crippen molar-refractivity contribution in [2.75, 3.05) is 12.3 Å². The number of carbonyl (C=O) groups is 1. The number of carbonyl (C=O) groups excluding carboxylic acids is 1. The van der Waals surface area contributed by atoms with Crippen LogP contribution >= 0.6 is 0 Å². The summed E-state index contributed by atoms with van der Waals surface area (Å²) in [5.41, 5.74) is 7.45. The van der Waals surface area contributed by atoms with Crippen molar-refractivity contribution >= 4 is 25.0 Å². The summed E-state index contributed by atoms with van der Waals surface area (Å²) in [6.45, 7) is 6.31. The second-order valence-corrected chi connectivity index (χ2v) is 5.22. The summed E-state index contributed by atoms with van der Waals surface area (Å²) in [6.07, 6.45) is 0. The number of ether oxygens (including phenoxy) is 1. The number of rotatable bonds is 3. The molecule has 0 amide bonds. The van der Waals surface area contributed by atoms with E-state index in [1.165, 1.54) is 0 Å². The van der Waals surface area contributed by atoms with E-state index in [9.17, 15) is 4.79 Å². The molecule has 0 aliphatic rings. The van der Waals surface area contributed by atoms with Crippen molar-refractivity contribution in [3.05, 3.63) is 16.1 Å². The fourth-order valence-electron chi connectivity index (χ4n) is 1.23. The van der Waals surface area contributed by atoms with Crippen LogP contribution in [0.1, 0.15) is 42.6 Å². The molecule has 3 nitrogen and oxygen atoms in total. The van der Waals surface area contributed by atoms with Crippen LogP contribution in [0.4, 0.5) is 4.56 Å². The molecule has 0 unspecified atom stereocenters. The van der Waals surface area contributed by atoms with Crippen molar-refractivity contribution in [3.8, 4) is 0 Å². The first-order valence-electron chi connectivity index (χ1n) is 4.61. The summed E-state index contributed by atoms with van der Waals surface area (Å²) in [6, 6.07) is 0. The van der Waals surface area contributed by atoms with Crippen LogP contribution in [-0.4, -0.2) is 27.1 Å². The van der Waals surface area contributed by atoms with Crippen LogP contribution in [0, 0.1) is 0 Å². The zero-order valence-corrected chi connectivity index (χ0v) is 10.4. The van der Waals surface area contributed by atoms with Gasteiger partial charge in [-0.3, -0.25) is 0 Å². The minimum atomic E-state index is -0.274. The molecule has 1 aromatic heterocycles. The van der Waals surface area contributed by atoms with Gasteiger partial charge in [-0.25, -0.2) is 0 Å². The van der Waals surface area contributed by atoms with Gasteiger partial charge in [-0.1, -0.05) is 0 Å². The summed E-state index contributed by atoms with van der Waals surface area (Å²) >= 11 is 0.127. The van der Waals surface area contributed by atoms with E-state index in [1.807, 2.05) is 0 Å². The molecule has 1 aromatic rings. The fourth-order valence-corrected chi connectivity index (χ4v) is 3.25. The second kappa shape index (κ2) is 4.67. The molecular formula is C10H15NO2Se. The molecular weight excluding hydrogens is 245 g/mol. The third-order valence-corrected chi connectivity index (χ3v) is 3.69. The Bertz CT molecular complexity index is 331. The number of hydrogen-bond donors (Lipinski definition) is 1. The van der Waals surface area contributed by atoms with E-state index >= 15 is 0 Å². The van der Waals surface area contributed by atoms with Gasteiger partial charge < -0.3 is 0 Å². The summed E-state index contributed by atoms with van der Waals surface area (Å²) < 4.78 is 5.66. The summed E-state index contributed by atoms with van der Waals surface area (Å²) in [5, 5.41) is 0. The molecule has 78 valence electrons. The number of nitrogen functional groups attached to an aromatic ring is 1. The van der Waals surface area contributed by atoms with Gasteiger partial charge in [0.2, 0.25) is 0 Å². The first-order valence-corrected chi connectivity index (χ1v) is 6.46. The predicted octanol–water partition coefficient (Wildman–Crippen LogP) is 1.63. The molecule has 0 bridgehead atoms. The average Bonchev–Trinajstić information content (AvgIpc) is 2.47. The molecule has 2 N–H and O–H groups in total. The Kier molecular flexibility index (Phi) is 3.78. The Labute approximate surface area is 90.0 Å². The van der Waals surface area contributed by atoms with E-state index in [0.29, 0.717) is 22.6 Å². The fraction of sp³-hybridized carbons (Fsp3) is 0.500. The third kappa shape index (κ3) is 2.19. The van der Waals surface area contributed by atoms with Crippen LogP contribution in [0.15, 0.2) is 4.94 Å². The maximum atomic E-state index is 11.6. The van der Waals surface area contributed by atoms with Crippen LogP contribution in [0.25, 0.3) is 0 Å². The first-order chi connectivity index (χ1) is 6.57. The molecule has 0 aromatic carbocycles. The van der Waals surface area contributed by atoms with Crippen LogP contribution in [0.2, 0.25) is 0 Å². The van der Waals surface area contributed by atoms with Crippen molar-refractivity contribution in [1.82, 2.24) is 0 Å². The van der Waals surface area contributed by atoms with E-state index in [2.05, 4.69) is 18.8 Å². The van der Waals surface area contributed by atoms with Crippen molar-refractivity contribution < 1.29 is 9.53 Å². The Hall–Kier alpha value is -0.731. The van der Waals surface area contributed by atoms with E-state index in [1.54, 1.807) is 6.92 Å². The van der Waals surface area contributed by atoms with E-state index in [4.69, 9.17) is 10.5 Å². The Morgan fingerprint density at radius 1 is 1.64 bits per heavy atom. The molecule has 0 saturated carbocycles. The maximum absolute atomic E-state index is 11.6. The number of esters is 1. The normalized spacial score (nSPS) is 10.6. The van der Waals surface area contributed by atoms with Crippen LogP contribution < -0.4 is 5.73 Å². The quantitative estimate of drug-likeness (QED) is 0.663. The summed E-state index contributed by atoms with van der Waals surface area (Å²) in [7, 11) is 0. The van der Waals surface area contributed by atoms with Gasteiger partial charge >= 0.3 is 89.7 Å².